The second-order valence-electron chi connectivity index (χ2n) is 19.1. The molecule has 5 saturated carbocycles. The SMILES string of the molecule is CC(C)C1C(=O)C[C@]2(N)CC[C@]3(C)C(=C12)CCC1[C@@]2(C)CC[C@H](OC(=O)[C@H]4CC[C@@](C)(C(=O)O)C4(C)C)C(C)(C)C2CC[C@]13C. The van der Waals surface area contributed by atoms with Crippen LogP contribution in [0.2, 0.25) is 0 Å². The third-order valence-electron chi connectivity index (χ3n) is 16.6. The van der Waals surface area contributed by atoms with Gasteiger partial charge in [-0.05, 0) is 116 Å². The standard InChI is InChI=1S/C39H61NO5/c1-22(2)29-25(41)21-39(40)20-19-36(8)23(30(29)39)11-12-27-35(7)16-15-28(33(3,4)26(35)14-18-37(27,36)9)45-31(42)24-13-17-38(10,32(43)44)34(24,5)6/h22,24,26-29H,11-21,40H2,1-10H3,(H,43,44)/t24-,26?,27?,28+,29?,35+,36-,37-,38+,39-/m1/s1. The van der Waals surface area contributed by atoms with Gasteiger partial charge in [-0.3, -0.25) is 14.4 Å². The molecule has 0 spiro atoms. The predicted octanol–water partition coefficient (Wildman–Crippen LogP) is 8.12. The van der Waals surface area contributed by atoms with E-state index < -0.39 is 28.3 Å². The van der Waals surface area contributed by atoms with Gasteiger partial charge in [0.05, 0.1) is 11.3 Å². The van der Waals surface area contributed by atoms with Crippen LogP contribution in [0.3, 0.4) is 0 Å². The van der Waals surface area contributed by atoms with Crippen LogP contribution in [0.15, 0.2) is 11.1 Å². The van der Waals surface area contributed by atoms with Gasteiger partial charge in [0.25, 0.3) is 0 Å². The van der Waals surface area contributed by atoms with Crippen LogP contribution in [0.4, 0.5) is 0 Å². The van der Waals surface area contributed by atoms with Gasteiger partial charge >= 0.3 is 11.9 Å². The lowest BCUT2D eigenvalue weighted by Gasteiger charge is -2.70. The van der Waals surface area contributed by atoms with E-state index in [1.165, 1.54) is 11.1 Å². The minimum absolute atomic E-state index is 0.0287. The number of Topliss-reactive ketones (excluding diaryl/α,β-unsaturated/α-hetero) is 1. The fourth-order valence-corrected chi connectivity index (χ4v) is 13.2. The summed E-state index contributed by atoms with van der Waals surface area (Å²) in [5.74, 6) is 0.159. The van der Waals surface area contributed by atoms with Crippen molar-refractivity contribution in [1.29, 1.82) is 0 Å². The lowest BCUT2D eigenvalue weighted by molar-refractivity contribution is -0.216. The molecule has 10 atom stereocenters. The highest BCUT2D eigenvalue weighted by atomic mass is 16.5. The van der Waals surface area contributed by atoms with E-state index in [0.29, 0.717) is 36.9 Å². The first-order chi connectivity index (χ1) is 20.6. The zero-order chi connectivity index (χ0) is 33.3. The topological polar surface area (TPSA) is 107 Å². The van der Waals surface area contributed by atoms with Crippen molar-refractivity contribution in [1.82, 2.24) is 0 Å². The van der Waals surface area contributed by atoms with Gasteiger partial charge in [0.2, 0.25) is 0 Å². The number of hydrogen-bond donors (Lipinski definition) is 2. The summed E-state index contributed by atoms with van der Waals surface area (Å²) in [7, 11) is 0. The van der Waals surface area contributed by atoms with Gasteiger partial charge in [-0.1, -0.05) is 67.9 Å². The first-order valence-electron chi connectivity index (χ1n) is 18.1. The molecule has 0 aromatic carbocycles. The molecular formula is C39H61NO5. The Kier molecular flexibility index (Phi) is 7.32. The average Bonchev–Trinajstić information content (AvgIpc) is 3.34. The van der Waals surface area contributed by atoms with Gasteiger partial charge in [-0.2, -0.15) is 0 Å². The third-order valence-corrected chi connectivity index (χ3v) is 16.6. The second-order valence-corrected chi connectivity index (χ2v) is 19.1. The van der Waals surface area contributed by atoms with Crippen LogP contribution in [0.25, 0.3) is 0 Å². The van der Waals surface area contributed by atoms with E-state index in [2.05, 4.69) is 48.5 Å². The van der Waals surface area contributed by atoms with Crippen molar-refractivity contribution in [3.63, 3.8) is 0 Å². The molecule has 0 amide bonds. The van der Waals surface area contributed by atoms with E-state index in [-0.39, 0.29) is 45.6 Å². The molecule has 45 heavy (non-hydrogen) atoms. The number of ketones is 1. The molecule has 3 N–H and O–H groups in total. The van der Waals surface area contributed by atoms with E-state index in [1.807, 2.05) is 13.8 Å². The highest BCUT2D eigenvalue weighted by molar-refractivity contribution is 5.91. The van der Waals surface area contributed by atoms with Crippen LogP contribution in [-0.2, 0) is 19.1 Å². The third kappa shape index (κ3) is 4.11. The van der Waals surface area contributed by atoms with Crippen LogP contribution < -0.4 is 5.73 Å². The molecule has 6 rings (SSSR count). The first kappa shape index (κ1) is 33.2. The molecule has 0 radical (unpaired) electrons. The zero-order valence-electron chi connectivity index (χ0n) is 29.9. The number of carbonyl (C=O) groups excluding carboxylic acids is 2. The average molecular weight is 624 g/mol. The smallest absolute Gasteiger partial charge is 0.309 e. The molecule has 3 unspecified atom stereocenters. The van der Waals surface area contributed by atoms with Crippen molar-refractivity contribution < 1.29 is 24.2 Å². The maximum absolute atomic E-state index is 13.8. The minimum Gasteiger partial charge on any atom is -0.481 e. The van der Waals surface area contributed by atoms with Crippen molar-refractivity contribution in [2.75, 3.05) is 0 Å². The Balaban J connectivity index is 1.28. The summed E-state index contributed by atoms with van der Waals surface area (Å²) in [5.41, 5.74) is 8.06. The van der Waals surface area contributed by atoms with Gasteiger partial charge in [0.15, 0.2) is 0 Å². The summed E-state index contributed by atoms with van der Waals surface area (Å²) in [6.07, 6.45) is 9.68. The summed E-state index contributed by atoms with van der Waals surface area (Å²) < 4.78 is 6.48. The van der Waals surface area contributed by atoms with Crippen molar-refractivity contribution in [2.45, 2.75) is 152 Å². The molecule has 5 fully saturated rings. The summed E-state index contributed by atoms with van der Waals surface area (Å²) in [6, 6.07) is 0. The lowest BCUT2D eigenvalue weighted by atomic mass is 9.34. The number of nitrogens with two attached hydrogens (primary N) is 1. The number of fused-ring (bicyclic) bond motifs is 6. The molecule has 0 heterocycles. The van der Waals surface area contributed by atoms with Crippen molar-refractivity contribution in [2.24, 2.45) is 67.8 Å². The largest absolute Gasteiger partial charge is 0.481 e. The van der Waals surface area contributed by atoms with Crippen molar-refractivity contribution in [3.8, 4) is 0 Å². The number of carbonyl (C=O) groups is 3. The molecule has 6 nitrogen and oxygen atoms in total. The number of esters is 1. The summed E-state index contributed by atoms with van der Waals surface area (Å²) >= 11 is 0. The molecule has 0 aliphatic heterocycles. The second kappa shape index (κ2) is 9.92. The normalized spacial score (nSPS) is 48.4. The van der Waals surface area contributed by atoms with Gasteiger partial charge in [-0.25, -0.2) is 0 Å². The number of hydrogen-bond acceptors (Lipinski definition) is 5. The van der Waals surface area contributed by atoms with Gasteiger partial charge in [0, 0.05) is 23.3 Å². The molecule has 0 bridgehead atoms. The van der Waals surface area contributed by atoms with Crippen molar-refractivity contribution >= 4 is 17.7 Å². The fourth-order valence-electron chi connectivity index (χ4n) is 13.2. The number of carboxylic acid groups (broad SMARTS) is 1. The van der Waals surface area contributed by atoms with Crippen LogP contribution in [-0.4, -0.2) is 34.5 Å². The van der Waals surface area contributed by atoms with Crippen molar-refractivity contribution in [3.05, 3.63) is 11.1 Å². The van der Waals surface area contributed by atoms with Gasteiger partial charge in [0.1, 0.15) is 11.9 Å². The van der Waals surface area contributed by atoms with E-state index in [0.717, 1.165) is 51.4 Å². The molecule has 0 aromatic rings. The molecule has 6 aliphatic carbocycles. The number of allylic oxidation sites excluding steroid dienone is 1. The number of carboxylic acids is 1. The Bertz CT molecular complexity index is 1340. The molecular weight excluding hydrogens is 562 g/mol. The Morgan fingerprint density at radius 1 is 0.867 bits per heavy atom. The van der Waals surface area contributed by atoms with Crippen LogP contribution in [0, 0.1) is 62.1 Å². The van der Waals surface area contributed by atoms with E-state index >= 15 is 0 Å². The monoisotopic (exact) mass is 623 g/mol. The number of aliphatic carboxylic acids is 1. The van der Waals surface area contributed by atoms with Crippen LogP contribution >= 0.6 is 0 Å². The highest BCUT2D eigenvalue weighted by Gasteiger charge is 2.69. The van der Waals surface area contributed by atoms with Crippen LogP contribution in [0.1, 0.15) is 140 Å². The maximum atomic E-state index is 13.8. The predicted molar refractivity (Wildman–Crippen MR) is 176 cm³/mol. The molecule has 252 valence electrons. The maximum Gasteiger partial charge on any atom is 0.309 e. The van der Waals surface area contributed by atoms with E-state index in [9.17, 15) is 19.5 Å². The van der Waals surface area contributed by atoms with E-state index in [1.54, 1.807) is 6.92 Å². The minimum atomic E-state index is -0.930. The van der Waals surface area contributed by atoms with Gasteiger partial charge in [-0.15, -0.1) is 0 Å². The number of rotatable bonds is 4. The fraction of sp³-hybridized carbons (Fsp3) is 0.872. The molecule has 0 saturated heterocycles. The van der Waals surface area contributed by atoms with Gasteiger partial charge < -0.3 is 15.6 Å². The highest BCUT2D eigenvalue weighted by Crippen LogP contribution is 2.75. The lowest BCUT2D eigenvalue weighted by Crippen LogP contribution is -2.64. The Hall–Kier alpha value is -1.69. The molecule has 6 heteroatoms. The van der Waals surface area contributed by atoms with E-state index in [4.69, 9.17) is 10.5 Å². The summed E-state index contributed by atoms with van der Waals surface area (Å²) in [4.78, 5) is 39.4. The molecule has 6 aliphatic rings. The Labute approximate surface area is 272 Å². The van der Waals surface area contributed by atoms with Crippen LogP contribution in [0.5, 0.6) is 0 Å². The quantitative estimate of drug-likeness (QED) is 0.242. The molecule has 0 aromatic heterocycles. The summed E-state index contributed by atoms with van der Waals surface area (Å²) in [6.45, 7) is 22.3. The Morgan fingerprint density at radius 3 is 2.13 bits per heavy atom. The summed E-state index contributed by atoms with van der Waals surface area (Å²) in [5, 5.41) is 10.0. The first-order valence-corrected chi connectivity index (χ1v) is 18.1. The number of ether oxygens (including phenoxy) is 1. The Morgan fingerprint density at radius 2 is 1.53 bits per heavy atom. The zero-order valence-corrected chi connectivity index (χ0v) is 29.9.